The number of anilines is 1. The van der Waals surface area contributed by atoms with Gasteiger partial charge >= 0.3 is 6.09 Å². The van der Waals surface area contributed by atoms with Gasteiger partial charge in [-0.25, -0.2) is 31.6 Å². The van der Waals surface area contributed by atoms with Crippen LogP contribution in [0, 0.1) is 46.8 Å². The first-order valence-electron chi connectivity index (χ1n) is 14.0. The highest BCUT2D eigenvalue weighted by Crippen LogP contribution is 2.66. The standard InChI is InChI=1S/C31H21Cl2F5N2O7/c1-3-5-11-6-4-7-14(24(11)41)17-12-8-9-13-16(26(43)40(25(13)42)29(46)47-2)15(12)10-30(32)27(44)39(28(45)31(17,30)33)23-21(37)19(35)18(34)20(36)22(23)38/h3-4,6-8,13,15-17,41H,1,5,9-10H2,2H3/t13-,15+,16-,17+,30+,31-/m0/s1. The Hall–Kier alpha value is -4.30. The van der Waals surface area contributed by atoms with E-state index in [9.17, 15) is 42.3 Å². The van der Waals surface area contributed by atoms with Crippen LogP contribution >= 0.6 is 23.2 Å². The molecule has 2 aliphatic heterocycles. The quantitative estimate of drug-likeness (QED) is 0.117. The first kappa shape index (κ1) is 32.6. The Labute approximate surface area is 272 Å². The number of ether oxygens (including phenoxy) is 1. The SMILES string of the molecule is C=CCc1cccc([C@H]2C3=CC[C@@H]4C(=O)N(C(=O)OC)C(=O)[C@@H]4[C@@H]3C[C@@]3(Cl)C(=O)N(c4c(F)c(F)c(F)c(F)c4F)C(=O)[C@@]23Cl)c1O. The molecule has 5 amide bonds. The van der Waals surface area contributed by atoms with E-state index in [4.69, 9.17) is 23.2 Å². The number of carbonyl (C=O) groups excluding carboxylic acids is 5. The van der Waals surface area contributed by atoms with E-state index in [-0.39, 0.29) is 39.3 Å². The number of halogens is 7. The molecule has 16 heteroatoms. The molecule has 1 N–H and O–H groups in total. The van der Waals surface area contributed by atoms with Gasteiger partial charge in [-0.1, -0.05) is 35.9 Å². The van der Waals surface area contributed by atoms with Gasteiger partial charge in [0.25, 0.3) is 11.8 Å². The molecule has 2 aromatic rings. The Kier molecular flexibility index (Phi) is 7.55. The van der Waals surface area contributed by atoms with E-state index in [1.165, 1.54) is 30.4 Å². The molecule has 2 aromatic carbocycles. The minimum atomic E-state index is -2.81. The number of imide groups is 4. The van der Waals surface area contributed by atoms with Crippen LogP contribution in [0.2, 0.25) is 0 Å². The van der Waals surface area contributed by atoms with Crippen molar-refractivity contribution >= 4 is 58.6 Å². The highest BCUT2D eigenvalue weighted by molar-refractivity contribution is 6.58. The molecular formula is C31H21Cl2F5N2O7. The van der Waals surface area contributed by atoms with E-state index >= 15 is 8.78 Å². The predicted octanol–water partition coefficient (Wildman–Crippen LogP) is 5.15. The van der Waals surface area contributed by atoms with E-state index in [2.05, 4.69) is 11.3 Å². The number of benzene rings is 2. The van der Waals surface area contributed by atoms with Crippen LogP contribution in [0.3, 0.4) is 0 Å². The Balaban J connectivity index is 1.62. The molecule has 0 bridgehead atoms. The van der Waals surface area contributed by atoms with Crippen molar-refractivity contribution in [3.63, 3.8) is 0 Å². The molecule has 2 heterocycles. The van der Waals surface area contributed by atoms with Crippen molar-refractivity contribution in [2.45, 2.75) is 34.9 Å². The van der Waals surface area contributed by atoms with Crippen molar-refractivity contribution in [1.82, 2.24) is 4.90 Å². The monoisotopic (exact) mass is 698 g/mol. The maximum absolute atomic E-state index is 15.1. The number of hydrogen-bond donors (Lipinski definition) is 1. The van der Waals surface area contributed by atoms with Gasteiger partial charge in [0, 0.05) is 11.5 Å². The Bertz CT molecular complexity index is 1860. The molecule has 0 unspecified atom stereocenters. The lowest BCUT2D eigenvalue weighted by molar-refractivity contribution is -0.138. The molecule has 0 spiro atoms. The highest BCUT2D eigenvalue weighted by Gasteiger charge is 2.77. The summed E-state index contributed by atoms with van der Waals surface area (Å²) in [6.07, 6.45) is 0.722. The topological polar surface area (TPSA) is 121 Å². The predicted molar refractivity (Wildman–Crippen MR) is 153 cm³/mol. The number of methoxy groups -OCH3 is 1. The molecule has 9 nitrogen and oxygen atoms in total. The Morgan fingerprint density at radius 3 is 2.21 bits per heavy atom. The Morgan fingerprint density at radius 1 is 1.00 bits per heavy atom. The molecule has 0 aromatic heterocycles. The lowest BCUT2D eigenvalue weighted by atomic mass is 9.56. The van der Waals surface area contributed by atoms with Crippen LogP contribution in [-0.2, 0) is 30.3 Å². The molecule has 6 atom stereocenters. The van der Waals surface area contributed by atoms with Crippen LogP contribution in [0.1, 0.15) is 29.9 Å². The summed E-state index contributed by atoms with van der Waals surface area (Å²) in [5, 5.41) is 11.4. The van der Waals surface area contributed by atoms with Crippen molar-refractivity contribution in [3.05, 3.63) is 82.7 Å². The molecule has 246 valence electrons. The average Bonchev–Trinajstić information content (AvgIpc) is 3.38. The second kappa shape index (κ2) is 10.9. The zero-order valence-corrected chi connectivity index (χ0v) is 25.5. The minimum Gasteiger partial charge on any atom is -0.507 e. The van der Waals surface area contributed by atoms with Crippen molar-refractivity contribution in [2.75, 3.05) is 12.0 Å². The summed E-state index contributed by atoms with van der Waals surface area (Å²) >= 11 is 14.1. The van der Waals surface area contributed by atoms with Gasteiger partial charge in [-0.15, -0.1) is 29.8 Å². The number of hydrogen-bond acceptors (Lipinski definition) is 7. The van der Waals surface area contributed by atoms with E-state index in [0.29, 0.717) is 0 Å². The van der Waals surface area contributed by atoms with Crippen molar-refractivity contribution in [2.24, 2.45) is 17.8 Å². The number of aromatic hydroxyl groups is 1. The first-order chi connectivity index (χ1) is 22.1. The fraction of sp³-hybridized carbons (Fsp3) is 0.323. The van der Waals surface area contributed by atoms with Crippen molar-refractivity contribution < 1.29 is 55.8 Å². The molecule has 2 aliphatic carbocycles. The fourth-order valence-electron chi connectivity index (χ4n) is 7.35. The van der Waals surface area contributed by atoms with Crippen LogP contribution in [0.5, 0.6) is 5.75 Å². The molecule has 6 rings (SSSR count). The van der Waals surface area contributed by atoms with Crippen molar-refractivity contribution in [3.8, 4) is 5.75 Å². The normalized spacial score (nSPS) is 29.8. The summed E-state index contributed by atoms with van der Waals surface area (Å²) in [5.41, 5.74) is -1.70. The first-order valence-corrected chi connectivity index (χ1v) is 14.7. The third-order valence-electron chi connectivity index (χ3n) is 9.40. The van der Waals surface area contributed by atoms with Gasteiger partial charge in [0.15, 0.2) is 33.0 Å². The van der Waals surface area contributed by atoms with Crippen LogP contribution in [0.15, 0.2) is 42.5 Å². The number of allylic oxidation sites excluding steroid dienone is 3. The molecule has 4 aliphatic rings. The molecule has 2 saturated heterocycles. The second-order valence-electron chi connectivity index (χ2n) is 11.5. The number of carbonyl (C=O) groups is 5. The number of para-hydroxylation sites is 1. The van der Waals surface area contributed by atoms with E-state index < -0.39 is 110 Å². The van der Waals surface area contributed by atoms with E-state index in [1.807, 2.05) is 0 Å². The van der Waals surface area contributed by atoms with Gasteiger partial charge in [0.2, 0.25) is 17.6 Å². The number of phenolic OH excluding ortho intramolecular Hbond substituents is 1. The fourth-order valence-corrected chi connectivity index (χ4v) is 8.27. The summed E-state index contributed by atoms with van der Waals surface area (Å²) < 4.78 is 77.5. The van der Waals surface area contributed by atoms with Gasteiger partial charge in [0.1, 0.15) is 11.4 Å². The van der Waals surface area contributed by atoms with Crippen LogP contribution in [-0.4, -0.2) is 56.6 Å². The molecule has 3 fully saturated rings. The summed E-state index contributed by atoms with van der Waals surface area (Å²) in [6.45, 7) is 3.62. The van der Waals surface area contributed by atoms with E-state index in [1.54, 1.807) is 0 Å². The van der Waals surface area contributed by atoms with Crippen LogP contribution in [0.25, 0.3) is 0 Å². The lowest BCUT2D eigenvalue weighted by Gasteiger charge is -2.50. The van der Waals surface area contributed by atoms with Crippen molar-refractivity contribution in [1.29, 1.82) is 0 Å². The van der Waals surface area contributed by atoms with Gasteiger partial charge in [-0.2, -0.15) is 4.90 Å². The molecule has 1 saturated carbocycles. The molecule has 47 heavy (non-hydrogen) atoms. The molecular weight excluding hydrogens is 678 g/mol. The maximum Gasteiger partial charge on any atom is 0.423 e. The smallest absolute Gasteiger partial charge is 0.423 e. The zero-order valence-electron chi connectivity index (χ0n) is 24.0. The van der Waals surface area contributed by atoms with Crippen LogP contribution < -0.4 is 4.90 Å². The molecule has 0 radical (unpaired) electrons. The van der Waals surface area contributed by atoms with Crippen LogP contribution in [0.4, 0.5) is 32.4 Å². The summed E-state index contributed by atoms with van der Waals surface area (Å²) in [7, 11) is 0.941. The number of rotatable bonds is 4. The number of nitrogens with zero attached hydrogens (tertiary/aromatic N) is 2. The number of likely N-dealkylation sites (tertiary alicyclic amines) is 1. The zero-order chi connectivity index (χ0) is 34.5. The summed E-state index contributed by atoms with van der Waals surface area (Å²) in [5.74, 6) is -23.7. The highest BCUT2D eigenvalue weighted by atomic mass is 35.5. The minimum absolute atomic E-state index is 0.0888. The number of fused-ring (bicyclic) bond motifs is 4. The summed E-state index contributed by atoms with van der Waals surface area (Å²) in [4.78, 5) is 62.0. The maximum atomic E-state index is 15.1. The second-order valence-corrected chi connectivity index (χ2v) is 12.8. The third-order valence-corrected chi connectivity index (χ3v) is 10.8. The Morgan fingerprint density at radius 2 is 1.62 bits per heavy atom. The third kappa shape index (κ3) is 4.03. The van der Waals surface area contributed by atoms with E-state index in [0.717, 1.165) is 7.11 Å². The van der Waals surface area contributed by atoms with Gasteiger partial charge in [-0.3, -0.25) is 19.2 Å². The average molecular weight is 699 g/mol. The van der Waals surface area contributed by atoms with Gasteiger partial charge < -0.3 is 9.84 Å². The number of phenols is 1. The van der Waals surface area contributed by atoms with Gasteiger partial charge in [-0.05, 0) is 30.7 Å². The largest absolute Gasteiger partial charge is 0.507 e. The lowest BCUT2D eigenvalue weighted by Crippen LogP contribution is -2.60. The van der Waals surface area contributed by atoms with Gasteiger partial charge in [0.05, 0.1) is 18.9 Å². The number of alkyl halides is 2. The summed E-state index contributed by atoms with van der Waals surface area (Å²) in [6, 6.07) is 4.26. The number of amides is 5.